The third-order valence-corrected chi connectivity index (χ3v) is 6.79. The van der Waals surface area contributed by atoms with Crippen molar-refractivity contribution in [2.45, 2.75) is 46.2 Å². The number of fused-ring (bicyclic) bond motifs is 3. The fraction of sp³-hybridized carbons (Fsp3) is 0.286. The zero-order valence-electron chi connectivity index (χ0n) is 18.8. The molecule has 162 valence electrons. The van der Waals surface area contributed by atoms with Gasteiger partial charge in [0.05, 0.1) is 0 Å². The highest BCUT2D eigenvalue weighted by molar-refractivity contribution is 5.88. The molecule has 4 heteroatoms. The number of hydrogen-bond donors (Lipinski definition) is 1. The van der Waals surface area contributed by atoms with Crippen molar-refractivity contribution in [1.82, 2.24) is 14.9 Å². The number of aryl methyl sites for hydroxylation is 2. The van der Waals surface area contributed by atoms with Crippen molar-refractivity contribution in [2.24, 2.45) is 5.92 Å². The van der Waals surface area contributed by atoms with Gasteiger partial charge in [-0.05, 0) is 73.6 Å². The van der Waals surface area contributed by atoms with Crippen LogP contribution in [0.3, 0.4) is 0 Å². The highest BCUT2D eigenvalue weighted by Crippen LogP contribution is 2.35. The van der Waals surface area contributed by atoms with Crippen molar-refractivity contribution in [2.75, 3.05) is 0 Å². The molecule has 2 aromatic carbocycles. The average molecular weight is 424 g/mol. The van der Waals surface area contributed by atoms with Crippen LogP contribution in [0.1, 0.15) is 39.9 Å². The molecular weight excluding hydrogens is 394 g/mol. The molecule has 4 nitrogen and oxygen atoms in total. The lowest BCUT2D eigenvalue weighted by atomic mass is 9.85. The lowest BCUT2D eigenvalue weighted by molar-refractivity contribution is -0.125. The third-order valence-electron chi connectivity index (χ3n) is 6.79. The van der Waals surface area contributed by atoms with Crippen molar-refractivity contribution in [3.05, 3.63) is 101 Å². The smallest absolute Gasteiger partial charge is 0.223 e. The van der Waals surface area contributed by atoms with Crippen LogP contribution < -0.4 is 5.32 Å². The molecule has 4 aromatic rings. The molecule has 1 atom stereocenters. The van der Waals surface area contributed by atoms with E-state index in [-0.39, 0.29) is 11.8 Å². The Balaban J connectivity index is 1.42. The Bertz CT molecular complexity index is 1270. The zero-order valence-corrected chi connectivity index (χ0v) is 18.8. The average Bonchev–Trinajstić information content (AvgIpc) is 3.13. The van der Waals surface area contributed by atoms with Crippen LogP contribution in [0, 0.1) is 19.8 Å². The monoisotopic (exact) mass is 423 g/mol. The van der Waals surface area contributed by atoms with Crippen LogP contribution in [0.25, 0.3) is 10.9 Å². The van der Waals surface area contributed by atoms with E-state index in [2.05, 4.69) is 71.2 Å². The van der Waals surface area contributed by atoms with Crippen LogP contribution in [-0.2, 0) is 30.7 Å². The van der Waals surface area contributed by atoms with Gasteiger partial charge in [0.1, 0.15) is 0 Å². The molecule has 0 radical (unpaired) electrons. The van der Waals surface area contributed by atoms with Crippen molar-refractivity contribution in [3.63, 3.8) is 0 Å². The van der Waals surface area contributed by atoms with Gasteiger partial charge in [-0.2, -0.15) is 0 Å². The molecule has 2 heterocycles. The van der Waals surface area contributed by atoms with Crippen LogP contribution in [-0.4, -0.2) is 15.5 Å². The summed E-state index contributed by atoms with van der Waals surface area (Å²) in [6, 6.07) is 19.2. The first-order chi connectivity index (χ1) is 15.6. The number of carbonyl (C=O) groups excluding carboxylic acids is 1. The number of nitrogens with one attached hydrogen (secondary N) is 1. The van der Waals surface area contributed by atoms with Gasteiger partial charge in [0.2, 0.25) is 5.91 Å². The molecule has 0 aliphatic heterocycles. The Hall–Kier alpha value is -3.40. The lowest BCUT2D eigenvalue weighted by Crippen LogP contribution is -2.34. The van der Waals surface area contributed by atoms with Crippen LogP contribution in [0.15, 0.2) is 67.0 Å². The second-order valence-electron chi connectivity index (χ2n) is 8.97. The van der Waals surface area contributed by atoms with Crippen LogP contribution in [0.5, 0.6) is 0 Å². The Kier molecular flexibility index (Phi) is 5.52. The molecule has 0 fully saturated rings. The van der Waals surface area contributed by atoms with E-state index in [0.717, 1.165) is 31.4 Å². The number of carbonyl (C=O) groups is 1. The highest BCUT2D eigenvalue weighted by atomic mass is 16.1. The summed E-state index contributed by atoms with van der Waals surface area (Å²) < 4.78 is 2.48. The van der Waals surface area contributed by atoms with E-state index >= 15 is 0 Å². The molecule has 1 amide bonds. The van der Waals surface area contributed by atoms with Gasteiger partial charge < -0.3 is 9.88 Å². The van der Waals surface area contributed by atoms with E-state index in [1.54, 1.807) is 12.4 Å². The molecule has 32 heavy (non-hydrogen) atoms. The summed E-state index contributed by atoms with van der Waals surface area (Å²) in [5.74, 6) is 0.170. The van der Waals surface area contributed by atoms with Gasteiger partial charge in [-0.3, -0.25) is 9.78 Å². The summed E-state index contributed by atoms with van der Waals surface area (Å²) in [6.07, 6.45) is 6.15. The standard InChI is InChI=1S/C28H29N3O/c1-19-7-8-20(2)23(15-19)18-31-26-6-4-3-5-24(26)25-16-22(9-10-27(25)31)28(32)30-17-21-11-13-29-14-12-21/h3-8,11-15,22H,9-10,16-18H2,1-2H3,(H,30,32). The Labute approximate surface area is 189 Å². The second-order valence-corrected chi connectivity index (χ2v) is 8.97. The number of amides is 1. The van der Waals surface area contributed by atoms with Gasteiger partial charge in [0, 0.05) is 48.0 Å². The van der Waals surface area contributed by atoms with E-state index in [9.17, 15) is 4.79 Å². The Morgan fingerprint density at radius 2 is 1.91 bits per heavy atom. The number of nitrogens with zero attached hydrogens (tertiary/aromatic N) is 2. The Morgan fingerprint density at radius 3 is 2.75 bits per heavy atom. The topological polar surface area (TPSA) is 46.9 Å². The molecule has 1 aliphatic carbocycles. The number of pyridine rings is 1. The van der Waals surface area contributed by atoms with Crippen LogP contribution in [0.4, 0.5) is 0 Å². The Morgan fingerprint density at radius 1 is 1.09 bits per heavy atom. The van der Waals surface area contributed by atoms with Crippen molar-refractivity contribution in [3.8, 4) is 0 Å². The normalized spacial score (nSPS) is 15.5. The van der Waals surface area contributed by atoms with Gasteiger partial charge in [0.15, 0.2) is 0 Å². The van der Waals surface area contributed by atoms with Gasteiger partial charge in [-0.15, -0.1) is 0 Å². The molecule has 0 saturated carbocycles. The summed E-state index contributed by atoms with van der Waals surface area (Å²) in [7, 11) is 0. The van der Waals surface area contributed by atoms with E-state index in [1.165, 1.54) is 38.9 Å². The minimum Gasteiger partial charge on any atom is -0.352 e. The summed E-state index contributed by atoms with van der Waals surface area (Å²) in [6.45, 7) is 5.78. The molecule has 2 aromatic heterocycles. The molecule has 1 unspecified atom stereocenters. The lowest BCUT2D eigenvalue weighted by Gasteiger charge is -2.24. The summed E-state index contributed by atoms with van der Waals surface area (Å²) in [4.78, 5) is 17.0. The molecule has 5 rings (SSSR count). The molecule has 0 spiro atoms. The van der Waals surface area contributed by atoms with E-state index in [4.69, 9.17) is 0 Å². The van der Waals surface area contributed by atoms with Crippen molar-refractivity contribution in [1.29, 1.82) is 0 Å². The molecular formula is C28H29N3O. The van der Waals surface area contributed by atoms with E-state index in [0.29, 0.717) is 6.54 Å². The predicted molar refractivity (Wildman–Crippen MR) is 129 cm³/mol. The number of benzene rings is 2. The molecule has 1 N–H and O–H groups in total. The first-order valence-corrected chi connectivity index (χ1v) is 11.4. The third kappa shape index (κ3) is 3.93. The van der Waals surface area contributed by atoms with E-state index < -0.39 is 0 Å². The maximum Gasteiger partial charge on any atom is 0.223 e. The van der Waals surface area contributed by atoms with Crippen LogP contribution >= 0.6 is 0 Å². The first kappa shape index (κ1) is 20.5. The zero-order chi connectivity index (χ0) is 22.1. The molecule has 1 aliphatic rings. The van der Waals surface area contributed by atoms with Gasteiger partial charge >= 0.3 is 0 Å². The second kappa shape index (κ2) is 8.62. The van der Waals surface area contributed by atoms with Crippen LogP contribution in [0.2, 0.25) is 0 Å². The first-order valence-electron chi connectivity index (χ1n) is 11.4. The maximum atomic E-state index is 13.0. The maximum absolute atomic E-state index is 13.0. The van der Waals surface area contributed by atoms with Crippen molar-refractivity contribution < 1.29 is 4.79 Å². The van der Waals surface area contributed by atoms with Gasteiger partial charge in [-0.1, -0.05) is 42.0 Å². The van der Waals surface area contributed by atoms with E-state index in [1.807, 2.05) is 12.1 Å². The minimum atomic E-state index is 0.0179. The number of hydrogen-bond acceptors (Lipinski definition) is 2. The summed E-state index contributed by atoms with van der Waals surface area (Å²) in [5.41, 5.74) is 9.08. The number of aromatic nitrogens is 2. The van der Waals surface area contributed by atoms with Crippen molar-refractivity contribution >= 4 is 16.8 Å². The largest absolute Gasteiger partial charge is 0.352 e. The fourth-order valence-electron chi connectivity index (χ4n) is 4.98. The predicted octanol–water partition coefficient (Wildman–Crippen LogP) is 5.12. The number of rotatable bonds is 5. The summed E-state index contributed by atoms with van der Waals surface area (Å²) in [5, 5.41) is 4.43. The molecule has 0 saturated heterocycles. The quantitative estimate of drug-likeness (QED) is 0.484. The van der Waals surface area contributed by atoms with Gasteiger partial charge in [0.25, 0.3) is 0 Å². The fourth-order valence-corrected chi connectivity index (χ4v) is 4.98. The van der Waals surface area contributed by atoms with Gasteiger partial charge in [-0.25, -0.2) is 0 Å². The summed E-state index contributed by atoms with van der Waals surface area (Å²) >= 11 is 0. The minimum absolute atomic E-state index is 0.0179. The number of para-hydroxylation sites is 1. The molecule has 0 bridgehead atoms. The highest BCUT2D eigenvalue weighted by Gasteiger charge is 2.29. The SMILES string of the molecule is Cc1ccc(C)c(Cn2c3c(c4ccccc42)CC(C(=O)NCc2ccncc2)CC3)c1.